The van der Waals surface area contributed by atoms with Crippen LogP contribution in [-0.4, -0.2) is 54.0 Å². The summed E-state index contributed by atoms with van der Waals surface area (Å²) in [5.74, 6) is -0.273. The van der Waals surface area contributed by atoms with Gasteiger partial charge in [-0.2, -0.15) is 0 Å². The minimum absolute atomic E-state index is 0. The number of ether oxygens (including phenoxy) is 1. The van der Waals surface area contributed by atoms with E-state index in [-0.39, 0.29) is 42.4 Å². The molecule has 1 aliphatic heterocycles. The lowest BCUT2D eigenvalue weighted by molar-refractivity contribution is -0.121. The van der Waals surface area contributed by atoms with Crippen molar-refractivity contribution in [1.29, 1.82) is 0 Å². The summed E-state index contributed by atoms with van der Waals surface area (Å²) in [6, 6.07) is 11.0. The second kappa shape index (κ2) is 12.7. The highest BCUT2D eigenvalue weighted by Gasteiger charge is 2.31. The van der Waals surface area contributed by atoms with E-state index in [1.807, 2.05) is 18.2 Å². The molecule has 0 spiro atoms. The summed E-state index contributed by atoms with van der Waals surface area (Å²) in [5, 5.41) is 6.87. The minimum Gasteiger partial charge on any atom is -0.449 e. The van der Waals surface area contributed by atoms with Crippen LogP contribution in [0.3, 0.4) is 0 Å². The van der Waals surface area contributed by atoms with E-state index in [1.54, 1.807) is 18.2 Å². The summed E-state index contributed by atoms with van der Waals surface area (Å²) in [5.41, 5.74) is 0.922. The summed E-state index contributed by atoms with van der Waals surface area (Å²) in [6.07, 6.45) is 5.06. The van der Waals surface area contributed by atoms with E-state index >= 15 is 0 Å². The molecule has 0 atom stereocenters. The van der Waals surface area contributed by atoms with Crippen molar-refractivity contribution >= 4 is 70.7 Å². The maximum absolute atomic E-state index is 13.2. The van der Waals surface area contributed by atoms with Crippen molar-refractivity contribution in [3.63, 3.8) is 0 Å². The van der Waals surface area contributed by atoms with Crippen molar-refractivity contribution in [3.05, 3.63) is 53.4 Å². The zero-order chi connectivity index (χ0) is 23.5. The van der Waals surface area contributed by atoms with Gasteiger partial charge in [-0.3, -0.25) is 14.5 Å². The second-order valence-electron chi connectivity index (χ2n) is 8.76. The van der Waals surface area contributed by atoms with Crippen LogP contribution in [0.1, 0.15) is 36.2 Å². The maximum Gasteiger partial charge on any atom is 0.294 e. The third-order valence-electron chi connectivity index (χ3n) is 6.65. The molecule has 3 aromatic rings. The molecule has 2 aliphatic rings. The normalized spacial score (nSPS) is 20.1. The molecule has 1 saturated carbocycles. The zero-order valence-corrected chi connectivity index (χ0v) is 22.0. The number of rotatable bonds is 5. The molecule has 11 heteroatoms. The highest BCUT2D eigenvalue weighted by Crippen LogP contribution is 2.34. The number of para-hydroxylation sites is 1. The van der Waals surface area contributed by atoms with E-state index < -0.39 is 5.91 Å². The number of fused-ring (bicyclic) bond motifs is 1. The van der Waals surface area contributed by atoms with Crippen LogP contribution in [0.15, 0.2) is 47.0 Å². The monoisotopic (exact) mass is 554 g/mol. The van der Waals surface area contributed by atoms with E-state index in [0.29, 0.717) is 33.5 Å². The Morgan fingerprint density at radius 3 is 2.39 bits per heavy atom. The van der Waals surface area contributed by atoms with Crippen LogP contribution in [-0.2, 0) is 9.53 Å². The average molecular weight is 556 g/mol. The van der Waals surface area contributed by atoms with Crippen LogP contribution in [0.4, 0.5) is 11.5 Å². The largest absolute Gasteiger partial charge is 0.449 e. The van der Waals surface area contributed by atoms with Crippen LogP contribution in [0, 0.1) is 5.92 Å². The molecule has 5 rings (SSSR count). The number of hydrogen-bond donors (Lipinski definition) is 2. The lowest BCUT2D eigenvalue weighted by Crippen LogP contribution is -2.45. The van der Waals surface area contributed by atoms with Crippen molar-refractivity contribution in [1.82, 2.24) is 9.88 Å². The summed E-state index contributed by atoms with van der Waals surface area (Å²) in [6.45, 7) is 3.49. The molecular weight excluding hydrogens is 527 g/mol. The molecule has 0 radical (unpaired) electrons. The fourth-order valence-corrected chi connectivity index (χ4v) is 4.94. The van der Waals surface area contributed by atoms with E-state index in [9.17, 15) is 9.59 Å². The molecule has 1 aliphatic carbocycles. The maximum atomic E-state index is 13.2. The molecule has 1 saturated heterocycles. The highest BCUT2D eigenvalue weighted by molar-refractivity contribution is 6.30. The Labute approximate surface area is 226 Å². The predicted octanol–water partition coefficient (Wildman–Crippen LogP) is 5.41. The number of carbonyl (C=O) groups is 2. The number of nitrogens with zero attached hydrogens (tertiary/aromatic N) is 2. The van der Waals surface area contributed by atoms with E-state index in [0.717, 1.165) is 52.0 Å². The lowest BCUT2D eigenvalue weighted by Gasteiger charge is -2.38. The van der Waals surface area contributed by atoms with Crippen molar-refractivity contribution in [2.24, 2.45) is 5.92 Å². The van der Waals surface area contributed by atoms with Gasteiger partial charge < -0.3 is 19.8 Å². The molecule has 2 amide bonds. The first-order valence-corrected chi connectivity index (χ1v) is 12.0. The van der Waals surface area contributed by atoms with Gasteiger partial charge >= 0.3 is 0 Å². The van der Waals surface area contributed by atoms with Crippen LogP contribution in [0.5, 0.6) is 0 Å². The molecule has 0 unspecified atom stereocenters. The summed E-state index contributed by atoms with van der Waals surface area (Å²) in [7, 11) is 0. The summed E-state index contributed by atoms with van der Waals surface area (Å²) in [4.78, 5) is 32.8. The van der Waals surface area contributed by atoms with Gasteiger partial charge in [0.25, 0.3) is 5.91 Å². The second-order valence-corrected chi connectivity index (χ2v) is 9.20. The van der Waals surface area contributed by atoms with Crippen LogP contribution in [0.2, 0.25) is 5.02 Å². The van der Waals surface area contributed by atoms with Crippen molar-refractivity contribution in [2.75, 3.05) is 36.9 Å². The number of pyridine rings is 1. The molecular formula is C25H29Cl3N4O4. The Balaban J connectivity index is 0.00000180. The zero-order valence-electron chi connectivity index (χ0n) is 19.6. The first kappa shape index (κ1) is 28.2. The number of halogens is 3. The third kappa shape index (κ3) is 6.30. The van der Waals surface area contributed by atoms with Gasteiger partial charge in [-0.25, -0.2) is 4.98 Å². The Kier molecular flexibility index (Phi) is 9.99. The van der Waals surface area contributed by atoms with Gasteiger partial charge in [0, 0.05) is 36.6 Å². The van der Waals surface area contributed by atoms with Gasteiger partial charge in [0.2, 0.25) is 11.7 Å². The fraction of sp³-hybridized carbons (Fsp3) is 0.400. The molecule has 2 N–H and O–H groups in total. The van der Waals surface area contributed by atoms with Gasteiger partial charge in [0.05, 0.1) is 18.2 Å². The third-order valence-corrected chi connectivity index (χ3v) is 6.87. The Morgan fingerprint density at radius 1 is 0.972 bits per heavy atom. The van der Waals surface area contributed by atoms with Crippen LogP contribution < -0.4 is 10.6 Å². The SMILES string of the molecule is Cl.Cl.O=C(Nc1ccc(Cl)cn1)c1oc2ccccc2c1NC(=O)C1CCC(N2CCOCC2)CC1. The van der Waals surface area contributed by atoms with E-state index in [2.05, 4.69) is 20.5 Å². The van der Waals surface area contributed by atoms with Gasteiger partial charge in [0.15, 0.2) is 0 Å². The average Bonchev–Trinajstić information content (AvgIpc) is 3.24. The number of amides is 2. The number of benzene rings is 1. The van der Waals surface area contributed by atoms with Crippen molar-refractivity contribution < 1.29 is 18.7 Å². The molecule has 0 bridgehead atoms. The molecule has 2 fully saturated rings. The van der Waals surface area contributed by atoms with E-state index in [1.165, 1.54) is 6.20 Å². The predicted molar refractivity (Wildman–Crippen MR) is 145 cm³/mol. The Morgan fingerprint density at radius 2 is 1.69 bits per heavy atom. The molecule has 3 heterocycles. The van der Waals surface area contributed by atoms with Gasteiger partial charge in [-0.05, 0) is 49.9 Å². The Hall–Kier alpha value is -2.36. The summed E-state index contributed by atoms with van der Waals surface area (Å²) < 4.78 is 11.3. The number of aromatic nitrogens is 1. The first-order chi connectivity index (χ1) is 16.6. The number of carbonyl (C=O) groups excluding carboxylic acids is 2. The topological polar surface area (TPSA) is 96.7 Å². The number of furan rings is 1. The molecule has 2 aromatic heterocycles. The molecule has 1 aromatic carbocycles. The Bertz CT molecular complexity index is 1170. The first-order valence-electron chi connectivity index (χ1n) is 11.7. The molecule has 194 valence electrons. The quantitative estimate of drug-likeness (QED) is 0.437. The van der Waals surface area contributed by atoms with Gasteiger partial charge in [-0.1, -0.05) is 23.7 Å². The van der Waals surface area contributed by atoms with Crippen molar-refractivity contribution in [2.45, 2.75) is 31.7 Å². The standard InChI is InChI=1S/C25H27ClN4O4.2ClH/c26-17-7-10-21(27-15-17)28-25(32)23-22(19-3-1-2-4-20(19)34-23)29-24(31)16-5-8-18(9-6-16)30-11-13-33-14-12-30;;/h1-4,7,10,15-16,18H,5-6,8-9,11-14H2,(H,29,31)(H,27,28,32);2*1H. The van der Waals surface area contributed by atoms with Crippen LogP contribution >= 0.6 is 36.4 Å². The van der Waals surface area contributed by atoms with Crippen LogP contribution in [0.25, 0.3) is 11.0 Å². The van der Waals surface area contributed by atoms with Gasteiger partial charge in [-0.15, -0.1) is 24.8 Å². The fourth-order valence-electron chi connectivity index (χ4n) is 4.82. The number of nitrogens with one attached hydrogen (secondary N) is 2. The van der Waals surface area contributed by atoms with Gasteiger partial charge in [0.1, 0.15) is 17.1 Å². The molecule has 8 nitrogen and oxygen atoms in total. The number of morpholine rings is 1. The van der Waals surface area contributed by atoms with E-state index in [4.69, 9.17) is 20.8 Å². The van der Waals surface area contributed by atoms with Crippen molar-refractivity contribution in [3.8, 4) is 0 Å². The minimum atomic E-state index is -0.489. The smallest absolute Gasteiger partial charge is 0.294 e. The summed E-state index contributed by atoms with van der Waals surface area (Å²) >= 11 is 5.88. The highest BCUT2D eigenvalue weighted by atomic mass is 35.5. The number of hydrogen-bond acceptors (Lipinski definition) is 6. The number of anilines is 2. The lowest BCUT2D eigenvalue weighted by atomic mass is 9.84. The molecule has 36 heavy (non-hydrogen) atoms.